The first-order chi connectivity index (χ1) is 15.4. The Bertz CT molecular complexity index is 1280. The van der Waals surface area contributed by atoms with Gasteiger partial charge in [-0.15, -0.1) is 0 Å². The van der Waals surface area contributed by atoms with Crippen LogP contribution in [0.1, 0.15) is 18.4 Å². The number of nitrogens with one attached hydrogen (secondary N) is 1. The molecule has 2 aromatic carbocycles. The van der Waals surface area contributed by atoms with Crippen LogP contribution in [0.4, 0.5) is 18.9 Å². The van der Waals surface area contributed by atoms with Crippen LogP contribution in [0.2, 0.25) is 5.02 Å². The van der Waals surface area contributed by atoms with Gasteiger partial charge >= 0.3 is 0 Å². The van der Waals surface area contributed by atoms with Crippen LogP contribution in [0.3, 0.4) is 0 Å². The molecule has 0 radical (unpaired) electrons. The van der Waals surface area contributed by atoms with Crippen LogP contribution < -0.4 is 5.32 Å². The molecule has 3 heterocycles. The summed E-state index contributed by atoms with van der Waals surface area (Å²) >= 11 is 6.11. The quantitative estimate of drug-likeness (QED) is 0.507. The highest BCUT2D eigenvalue weighted by Crippen LogP contribution is 2.46. The van der Waals surface area contributed by atoms with Gasteiger partial charge in [-0.3, -0.25) is 4.79 Å². The molecule has 0 saturated carbocycles. The minimum absolute atomic E-state index is 0.0864. The number of fused-ring (bicyclic) bond motifs is 2. The van der Waals surface area contributed by atoms with Crippen LogP contribution in [0.25, 0.3) is 16.7 Å². The highest BCUT2D eigenvalue weighted by Gasteiger charge is 2.44. The van der Waals surface area contributed by atoms with Crippen LogP contribution in [0.5, 0.6) is 0 Å². The van der Waals surface area contributed by atoms with Gasteiger partial charge in [0.15, 0.2) is 0 Å². The number of hydrogen-bond donors (Lipinski definition) is 1. The summed E-state index contributed by atoms with van der Waals surface area (Å²) in [6.45, 7) is 0. The maximum absolute atomic E-state index is 14.7. The van der Waals surface area contributed by atoms with Crippen molar-refractivity contribution in [2.75, 3.05) is 5.32 Å². The summed E-state index contributed by atoms with van der Waals surface area (Å²) in [4.78, 5) is 16.6. The molecule has 1 saturated heterocycles. The topological polar surface area (TPSA) is 51.2 Å². The van der Waals surface area contributed by atoms with Crippen molar-refractivity contribution in [3.63, 3.8) is 0 Å². The lowest BCUT2D eigenvalue weighted by Crippen LogP contribution is -2.23. The molecule has 3 aromatic rings. The molecule has 162 valence electrons. The molecule has 8 heteroatoms. The molecule has 32 heavy (non-hydrogen) atoms. The van der Waals surface area contributed by atoms with E-state index in [1.807, 2.05) is 0 Å². The fraction of sp³-hybridized carbons (Fsp3) is 0.167. The minimum Gasteiger partial charge on any atom is -0.365 e. The number of benzene rings is 2. The Morgan fingerprint density at radius 3 is 2.50 bits per heavy atom. The maximum Gasteiger partial charge on any atom is 0.254 e. The number of halogens is 4. The maximum atomic E-state index is 14.7. The molecule has 1 aromatic heterocycles. The summed E-state index contributed by atoms with van der Waals surface area (Å²) in [5.41, 5.74) is 1.64. The van der Waals surface area contributed by atoms with E-state index in [2.05, 4.69) is 10.3 Å². The molecule has 0 spiro atoms. The molecule has 1 fully saturated rings. The SMILES string of the molecule is O=C(Nc1ccc(-c2ccccc2F)c(F)c1)C1=C(c2ccnc(F)c2Cl)C2CCC1O2. The van der Waals surface area contributed by atoms with Gasteiger partial charge < -0.3 is 10.1 Å². The first-order valence-corrected chi connectivity index (χ1v) is 10.4. The normalized spacial score (nSPS) is 19.5. The number of amides is 1. The van der Waals surface area contributed by atoms with E-state index < -0.39 is 29.6 Å². The summed E-state index contributed by atoms with van der Waals surface area (Å²) in [6, 6.07) is 11.4. The van der Waals surface area contributed by atoms with Crippen molar-refractivity contribution in [2.45, 2.75) is 25.0 Å². The molecule has 4 nitrogen and oxygen atoms in total. The zero-order valence-corrected chi connectivity index (χ0v) is 17.3. The number of carbonyl (C=O) groups is 1. The van der Waals surface area contributed by atoms with E-state index >= 15 is 0 Å². The van der Waals surface area contributed by atoms with E-state index in [4.69, 9.17) is 16.3 Å². The van der Waals surface area contributed by atoms with Gasteiger partial charge in [0, 0.05) is 34.1 Å². The van der Waals surface area contributed by atoms with Gasteiger partial charge in [-0.25, -0.2) is 13.8 Å². The lowest BCUT2D eigenvalue weighted by molar-refractivity contribution is -0.113. The standard InChI is InChI=1S/C24H16ClF3N2O2/c25-22-15(9-10-29-23(22)28)20-18-7-8-19(32-18)21(20)24(31)30-12-5-6-14(17(27)11-12)13-3-1-2-4-16(13)26/h1-6,9-11,18-19H,7-8H2,(H,30,31). The molecule has 2 aliphatic heterocycles. The number of pyridine rings is 1. The second-order valence-corrected chi connectivity index (χ2v) is 7.99. The van der Waals surface area contributed by atoms with E-state index in [9.17, 15) is 18.0 Å². The van der Waals surface area contributed by atoms with E-state index in [-0.39, 0.29) is 27.9 Å². The number of ether oxygens (including phenoxy) is 1. The van der Waals surface area contributed by atoms with Gasteiger partial charge in [0.25, 0.3) is 5.91 Å². The second kappa shape index (κ2) is 8.07. The van der Waals surface area contributed by atoms with Gasteiger partial charge in [-0.2, -0.15) is 4.39 Å². The summed E-state index contributed by atoms with van der Waals surface area (Å²) in [6.07, 6.45) is 1.78. The highest BCUT2D eigenvalue weighted by molar-refractivity contribution is 6.32. The Balaban J connectivity index is 1.48. The Kier molecular flexibility index (Phi) is 5.23. The number of carbonyl (C=O) groups excluding carboxylic acids is 1. The number of nitrogens with zero attached hydrogens (tertiary/aromatic N) is 1. The molecule has 0 aliphatic carbocycles. The zero-order valence-electron chi connectivity index (χ0n) is 16.5. The van der Waals surface area contributed by atoms with Gasteiger partial charge in [0.2, 0.25) is 5.95 Å². The lowest BCUT2D eigenvalue weighted by atomic mass is 9.87. The second-order valence-electron chi connectivity index (χ2n) is 7.61. The molecule has 5 rings (SSSR count). The average molecular weight is 457 g/mol. The van der Waals surface area contributed by atoms with Crippen molar-refractivity contribution in [3.05, 3.63) is 88.5 Å². The zero-order chi connectivity index (χ0) is 22.4. The molecule has 2 unspecified atom stereocenters. The third kappa shape index (κ3) is 3.47. The fourth-order valence-electron chi connectivity index (χ4n) is 4.31. The molecular formula is C24H16ClF3N2O2. The third-order valence-corrected chi connectivity index (χ3v) is 6.09. The van der Waals surface area contributed by atoms with Crippen LogP contribution in [0, 0.1) is 17.6 Å². The summed E-state index contributed by atoms with van der Waals surface area (Å²) < 4.78 is 48.5. The van der Waals surface area contributed by atoms with E-state index in [1.165, 1.54) is 36.5 Å². The van der Waals surface area contributed by atoms with Gasteiger partial charge in [-0.05, 0) is 43.2 Å². The molecule has 2 aliphatic rings. The first kappa shape index (κ1) is 20.7. The van der Waals surface area contributed by atoms with Crippen molar-refractivity contribution >= 4 is 28.8 Å². The number of aromatic nitrogens is 1. The van der Waals surface area contributed by atoms with E-state index in [0.717, 1.165) is 6.07 Å². The molecule has 1 N–H and O–H groups in total. The van der Waals surface area contributed by atoms with Crippen molar-refractivity contribution in [3.8, 4) is 11.1 Å². The largest absolute Gasteiger partial charge is 0.365 e. The van der Waals surface area contributed by atoms with Crippen LogP contribution >= 0.6 is 11.6 Å². The van der Waals surface area contributed by atoms with Crippen molar-refractivity contribution in [1.29, 1.82) is 0 Å². The summed E-state index contributed by atoms with van der Waals surface area (Å²) in [5.74, 6) is -2.53. The van der Waals surface area contributed by atoms with E-state index in [1.54, 1.807) is 12.1 Å². The molecule has 1 amide bonds. The van der Waals surface area contributed by atoms with Crippen molar-refractivity contribution < 1.29 is 22.7 Å². The Labute approximate surface area is 186 Å². The highest BCUT2D eigenvalue weighted by atomic mass is 35.5. The van der Waals surface area contributed by atoms with Crippen LogP contribution in [0.15, 0.2) is 60.3 Å². The summed E-state index contributed by atoms with van der Waals surface area (Å²) in [7, 11) is 0. The molecule has 2 atom stereocenters. The van der Waals surface area contributed by atoms with E-state index in [0.29, 0.717) is 29.6 Å². The van der Waals surface area contributed by atoms with Crippen LogP contribution in [-0.2, 0) is 9.53 Å². The smallest absolute Gasteiger partial charge is 0.254 e. The Hall–Kier alpha value is -3.16. The van der Waals surface area contributed by atoms with Gasteiger partial charge in [-0.1, -0.05) is 29.8 Å². The Morgan fingerprint density at radius 1 is 0.969 bits per heavy atom. The third-order valence-electron chi connectivity index (χ3n) is 5.73. The van der Waals surface area contributed by atoms with Crippen LogP contribution in [-0.4, -0.2) is 23.1 Å². The lowest BCUT2D eigenvalue weighted by Gasteiger charge is -2.18. The fourth-order valence-corrected chi connectivity index (χ4v) is 4.52. The van der Waals surface area contributed by atoms with Crippen molar-refractivity contribution in [1.82, 2.24) is 4.98 Å². The monoisotopic (exact) mass is 456 g/mol. The Morgan fingerprint density at radius 2 is 1.72 bits per heavy atom. The predicted molar refractivity (Wildman–Crippen MR) is 114 cm³/mol. The predicted octanol–water partition coefficient (Wildman–Crippen LogP) is 5.77. The van der Waals surface area contributed by atoms with Gasteiger partial charge in [0.05, 0.1) is 17.8 Å². The minimum atomic E-state index is -0.829. The summed E-state index contributed by atoms with van der Waals surface area (Å²) in [5, 5.41) is 2.50. The number of hydrogen-bond acceptors (Lipinski definition) is 3. The average Bonchev–Trinajstić information content (AvgIpc) is 3.38. The molecular weight excluding hydrogens is 441 g/mol. The van der Waals surface area contributed by atoms with Gasteiger partial charge in [0.1, 0.15) is 16.7 Å². The molecule has 2 bridgehead atoms. The number of anilines is 1. The van der Waals surface area contributed by atoms with Crippen molar-refractivity contribution in [2.24, 2.45) is 0 Å². The number of rotatable bonds is 4. The first-order valence-electron chi connectivity index (χ1n) is 9.99.